The third-order valence-electron chi connectivity index (χ3n) is 6.16. The van der Waals surface area contributed by atoms with Crippen molar-refractivity contribution >= 4 is 22.9 Å². The maximum Gasteiger partial charge on any atom is 0.433 e. The number of halogens is 4. The molecule has 6 nitrogen and oxygen atoms in total. The van der Waals surface area contributed by atoms with Gasteiger partial charge in [0.2, 0.25) is 5.88 Å². The summed E-state index contributed by atoms with van der Waals surface area (Å²) < 4.78 is 52.2. The van der Waals surface area contributed by atoms with Crippen LogP contribution in [0.15, 0.2) is 84.9 Å². The van der Waals surface area contributed by atoms with Crippen LogP contribution in [-0.4, -0.2) is 28.3 Å². The summed E-state index contributed by atoms with van der Waals surface area (Å²) >= 11 is 5.48. The average Bonchev–Trinajstić information content (AvgIpc) is 3.22. The molecule has 10 heteroatoms. The molecule has 3 aromatic carbocycles. The van der Waals surface area contributed by atoms with E-state index in [1.54, 1.807) is 0 Å². The lowest BCUT2D eigenvalue weighted by Crippen LogP contribution is -2.28. The zero-order valence-electron chi connectivity index (χ0n) is 20.4. The molecule has 1 amide bonds. The first-order chi connectivity index (χ1) is 18.6. The molecule has 1 heterocycles. The average molecular weight is 553 g/mol. The Kier molecular flexibility index (Phi) is 7.01. The highest BCUT2D eigenvalue weighted by molar-refractivity contribution is 6.67. The number of pyridine rings is 1. The maximum atomic E-state index is 13.6. The molecule has 1 aromatic heterocycles. The van der Waals surface area contributed by atoms with Crippen LogP contribution in [0.25, 0.3) is 11.1 Å². The fourth-order valence-electron chi connectivity index (χ4n) is 4.42. The predicted octanol–water partition coefficient (Wildman–Crippen LogP) is 7.61. The standard InChI is InChI=1S/C29H20ClF3N2O4/c1-35(28(37)39-26-22-11-4-2-9-20(22)21-10-3-5-12-23(21)26)16-17-13-24(29(31,32)33)34-25(14-17)38-19-8-6-7-18(15-19)27(30)36/h2-15,26H,16H2,1H3. The molecule has 1 aliphatic rings. The third kappa shape index (κ3) is 5.58. The monoisotopic (exact) mass is 552 g/mol. The Labute approximate surface area is 226 Å². The lowest BCUT2D eigenvalue weighted by atomic mass is 10.1. The number of benzene rings is 3. The molecule has 0 atom stereocenters. The lowest BCUT2D eigenvalue weighted by Gasteiger charge is -2.22. The van der Waals surface area contributed by atoms with Gasteiger partial charge in [-0.2, -0.15) is 13.2 Å². The zero-order chi connectivity index (χ0) is 27.7. The van der Waals surface area contributed by atoms with Gasteiger partial charge in [0.15, 0.2) is 6.10 Å². The van der Waals surface area contributed by atoms with Crippen molar-refractivity contribution in [1.29, 1.82) is 0 Å². The van der Waals surface area contributed by atoms with Gasteiger partial charge in [-0.15, -0.1) is 0 Å². The van der Waals surface area contributed by atoms with E-state index in [9.17, 15) is 22.8 Å². The Morgan fingerprint density at radius 2 is 1.56 bits per heavy atom. The molecule has 0 spiro atoms. The Hall–Kier alpha value is -4.37. The second-order valence-corrected chi connectivity index (χ2v) is 9.24. The van der Waals surface area contributed by atoms with Crippen molar-refractivity contribution in [3.8, 4) is 22.8 Å². The van der Waals surface area contributed by atoms with Crippen LogP contribution in [0, 0.1) is 0 Å². The first-order valence-electron chi connectivity index (χ1n) is 11.8. The van der Waals surface area contributed by atoms with Crippen LogP contribution >= 0.6 is 11.6 Å². The van der Waals surface area contributed by atoms with E-state index in [0.717, 1.165) is 28.3 Å². The SMILES string of the molecule is CN(Cc1cc(Oc2cccc(C(=O)Cl)c2)nc(C(F)(F)F)c1)C(=O)OC1c2ccccc2-c2ccccc21. The molecule has 0 unspecified atom stereocenters. The largest absolute Gasteiger partial charge is 0.439 e. The van der Waals surface area contributed by atoms with E-state index in [1.807, 2.05) is 48.5 Å². The summed E-state index contributed by atoms with van der Waals surface area (Å²) in [4.78, 5) is 29.2. The summed E-state index contributed by atoms with van der Waals surface area (Å²) in [7, 11) is 1.43. The molecule has 4 aromatic rings. The summed E-state index contributed by atoms with van der Waals surface area (Å²) in [6, 6.07) is 22.9. The van der Waals surface area contributed by atoms with Crippen LogP contribution in [0.3, 0.4) is 0 Å². The molecule has 0 aliphatic heterocycles. The van der Waals surface area contributed by atoms with E-state index in [1.165, 1.54) is 42.3 Å². The lowest BCUT2D eigenvalue weighted by molar-refractivity contribution is -0.141. The molecule has 0 fully saturated rings. The van der Waals surface area contributed by atoms with Gasteiger partial charge in [-0.3, -0.25) is 4.79 Å². The van der Waals surface area contributed by atoms with Gasteiger partial charge in [-0.05, 0) is 52.6 Å². The molecule has 198 valence electrons. The number of carbonyl (C=O) groups excluding carboxylic acids is 2. The highest BCUT2D eigenvalue weighted by Gasteiger charge is 2.35. The molecule has 0 radical (unpaired) electrons. The van der Waals surface area contributed by atoms with Crippen LogP contribution < -0.4 is 4.74 Å². The number of hydrogen-bond acceptors (Lipinski definition) is 5. The van der Waals surface area contributed by atoms with Gasteiger partial charge in [0, 0.05) is 36.3 Å². The smallest absolute Gasteiger partial charge is 0.433 e. The van der Waals surface area contributed by atoms with Gasteiger partial charge in [-0.25, -0.2) is 9.78 Å². The Morgan fingerprint density at radius 1 is 0.923 bits per heavy atom. The van der Waals surface area contributed by atoms with Crippen molar-refractivity contribution in [2.24, 2.45) is 0 Å². The summed E-state index contributed by atoms with van der Waals surface area (Å²) in [5, 5.41) is -0.745. The van der Waals surface area contributed by atoms with Gasteiger partial charge in [0.1, 0.15) is 11.4 Å². The topological polar surface area (TPSA) is 68.7 Å². The van der Waals surface area contributed by atoms with Crippen molar-refractivity contribution in [3.63, 3.8) is 0 Å². The number of nitrogens with zero attached hydrogens (tertiary/aromatic N) is 2. The minimum absolute atomic E-state index is 0.0746. The van der Waals surface area contributed by atoms with Gasteiger partial charge in [0.25, 0.3) is 5.24 Å². The molecule has 1 aliphatic carbocycles. The fraction of sp³-hybridized carbons (Fsp3) is 0.138. The van der Waals surface area contributed by atoms with Gasteiger partial charge >= 0.3 is 12.3 Å². The number of aromatic nitrogens is 1. The van der Waals surface area contributed by atoms with E-state index in [-0.39, 0.29) is 29.3 Å². The Balaban J connectivity index is 1.37. The van der Waals surface area contributed by atoms with E-state index in [2.05, 4.69) is 4.98 Å². The number of alkyl halides is 3. The summed E-state index contributed by atoms with van der Waals surface area (Å²) in [5.74, 6) is -0.287. The van der Waals surface area contributed by atoms with Gasteiger partial charge < -0.3 is 14.4 Å². The highest BCUT2D eigenvalue weighted by atomic mass is 35.5. The number of carbonyl (C=O) groups is 2. The number of hydrogen-bond donors (Lipinski definition) is 0. The maximum absolute atomic E-state index is 13.6. The second kappa shape index (κ2) is 10.4. The second-order valence-electron chi connectivity index (χ2n) is 8.89. The van der Waals surface area contributed by atoms with Crippen LogP contribution in [-0.2, 0) is 17.5 Å². The molecule has 0 bridgehead atoms. The third-order valence-corrected chi connectivity index (χ3v) is 6.38. The van der Waals surface area contributed by atoms with Gasteiger partial charge in [-0.1, -0.05) is 54.6 Å². The van der Waals surface area contributed by atoms with E-state index >= 15 is 0 Å². The molecule has 0 saturated carbocycles. The van der Waals surface area contributed by atoms with Crippen molar-refractivity contribution in [3.05, 3.63) is 113 Å². The van der Waals surface area contributed by atoms with Crippen LogP contribution in [0.5, 0.6) is 11.6 Å². The summed E-state index contributed by atoms with van der Waals surface area (Å²) in [6.07, 6.45) is -6.13. The molecular weight excluding hydrogens is 533 g/mol. The molecule has 5 rings (SSSR count). The quantitative estimate of drug-likeness (QED) is 0.230. The van der Waals surface area contributed by atoms with Crippen molar-refractivity contribution in [2.75, 3.05) is 7.05 Å². The number of fused-ring (bicyclic) bond motifs is 3. The Morgan fingerprint density at radius 3 is 2.18 bits per heavy atom. The fourth-order valence-corrected chi connectivity index (χ4v) is 4.53. The van der Waals surface area contributed by atoms with E-state index in [4.69, 9.17) is 21.1 Å². The first kappa shape index (κ1) is 26.2. The van der Waals surface area contributed by atoms with Crippen LogP contribution in [0.4, 0.5) is 18.0 Å². The van der Waals surface area contributed by atoms with Crippen molar-refractivity contribution < 1.29 is 32.2 Å². The minimum Gasteiger partial charge on any atom is -0.439 e. The van der Waals surface area contributed by atoms with Crippen LogP contribution in [0.1, 0.15) is 38.8 Å². The van der Waals surface area contributed by atoms with Crippen LogP contribution in [0.2, 0.25) is 0 Å². The summed E-state index contributed by atoms with van der Waals surface area (Å²) in [5.41, 5.74) is 2.61. The normalized spacial score (nSPS) is 12.4. The van der Waals surface area contributed by atoms with E-state index < -0.39 is 29.3 Å². The van der Waals surface area contributed by atoms with E-state index in [0.29, 0.717) is 0 Å². The predicted molar refractivity (Wildman–Crippen MR) is 138 cm³/mol. The number of rotatable bonds is 6. The van der Waals surface area contributed by atoms with Crippen molar-refractivity contribution in [2.45, 2.75) is 18.8 Å². The highest BCUT2D eigenvalue weighted by Crippen LogP contribution is 2.45. The first-order valence-corrected chi connectivity index (χ1v) is 12.1. The van der Waals surface area contributed by atoms with Crippen molar-refractivity contribution in [1.82, 2.24) is 9.88 Å². The number of ether oxygens (including phenoxy) is 2. The zero-order valence-corrected chi connectivity index (χ0v) is 21.2. The molecular formula is C29H20ClF3N2O4. The minimum atomic E-state index is -4.77. The molecule has 0 N–H and O–H groups in total. The summed E-state index contributed by atoms with van der Waals surface area (Å²) in [6.45, 7) is -0.211. The molecule has 39 heavy (non-hydrogen) atoms. The Bertz CT molecular complexity index is 1530. The number of amides is 1. The van der Waals surface area contributed by atoms with Gasteiger partial charge in [0.05, 0.1) is 0 Å². The molecule has 0 saturated heterocycles.